The van der Waals surface area contributed by atoms with Crippen molar-refractivity contribution in [2.75, 3.05) is 6.54 Å². The number of nitrogens with zero attached hydrogens (tertiary/aromatic N) is 1. The van der Waals surface area contributed by atoms with Gasteiger partial charge in [-0.1, -0.05) is 52.4 Å². The van der Waals surface area contributed by atoms with E-state index in [2.05, 4.69) is 19.2 Å². The third kappa shape index (κ3) is 9.04. The number of aliphatic carboxylic acids is 1. The van der Waals surface area contributed by atoms with Crippen molar-refractivity contribution < 1.29 is 19.5 Å². The smallest absolute Gasteiger partial charge is 0.326 e. The number of hydrogen-bond donors (Lipinski definition) is 3. The first kappa shape index (κ1) is 24.4. The maximum absolute atomic E-state index is 12.7. The second-order valence-corrected chi connectivity index (χ2v) is 8.01. The predicted molar refractivity (Wildman–Crippen MR) is 110 cm³/mol. The van der Waals surface area contributed by atoms with Gasteiger partial charge in [0.1, 0.15) is 6.04 Å². The SMILES string of the molecule is CCCCC[C@H](N)CC(=O)N[C@@H](CCCCC)CC(=O)N1CCC[C@H]1C(=O)O. The molecule has 0 spiro atoms. The molecule has 1 heterocycles. The number of nitrogens with one attached hydrogen (secondary N) is 1. The van der Waals surface area contributed by atoms with E-state index in [4.69, 9.17) is 5.73 Å². The zero-order valence-corrected chi connectivity index (χ0v) is 17.6. The molecule has 2 amide bonds. The van der Waals surface area contributed by atoms with Crippen LogP contribution in [0.1, 0.15) is 90.9 Å². The summed E-state index contributed by atoms with van der Waals surface area (Å²) < 4.78 is 0. The minimum Gasteiger partial charge on any atom is -0.480 e. The highest BCUT2D eigenvalue weighted by atomic mass is 16.4. The van der Waals surface area contributed by atoms with Gasteiger partial charge in [-0.05, 0) is 25.7 Å². The van der Waals surface area contributed by atoms with E-state index in [9.17, 15) is 19.5 Å². The molecule has 0 aromatic carbocycles. The summed E-state index contributed by atoms with van der Waals surface area (Å²) in [6.45, 7) is 4.72. The van der Waals surface area contributed by atoms with Crippen molar-refractivity contribution in [3.05, 3.63) is 0 Å². The van der Waals surface area contributed by atoms with Crippen LogP contribution in [0.25, 0.3) is 0 Å². The van der Waals surface area contributed by atoms with E-state index in [1.165, 1.54) is 4.90 Å². The molecule has 1 rings (SSSR count). The van der Waals surface area contributed by atoms with Crippen molar-refractivity contribution in [1.29, 1.82) is 0 Å². The van der Waals surface area contributed by atoms with Gasteiger partial charge in [0, 0.05) is 31.5 Å². The Bertz CT molecular complexity index is 498. The number of carboxylic acids is 1. The summed E-state index contributed by atoms with van der Waals surface area (Å²) in [5.74, 6) is -1.25. The number of carbonyl (C=O) groups is 3. The van der Waals surface area contributed by atoms with Crippen LogP contribution in [0.15, 0.2) is 0 Å². The van der Waals surface area contributed by atoms with Gasteiger partial charge in [-0.25, -0.2) is 4.79 Å². The highest BCUT2D eigenvalue weighted by Gasteiger charge is 2.34. The van der Waals surface area contributed by atoms with Crippen LogP contribution in [0.3, 0.4) is 0 Å². The third-order valence-corrected chi connectivity index (χ3v) is 5.43. The summed E-state index contributed by atoms with van der Waals surface area (Å²) in [5, 5.41) is 12.3. The Morgan fingerprint density at radius 2 is 1.71 bits per heavy atom. The molecule has 0 bridgehead atoms. The minimum absolute atomic E-state index is 0.116. The lowest BCUT2D eigenvalue weighted by Crippen LogP contribution is -2.45. The Kier molecular flexibility index (Phi) is 11.8. The van der Waals surface area contributed by atoms with E-state index in [1.807, 2.05) is 0 Å². The second kappa shape index (κ2) is 13.5. The van der Waals surface area contributed by atoms with Crippen molar-refractivity contribution in [2.24, 2.45) is 5.73 Å². The predicted octanol–water partition coefficient (Wildman–Crippen LogP) is 2.81. The van der Waals surface area contributed by atoms with E-state index < -0.39 is 12.0 Å². The fourth-order valence-electron chi connectivity index (χ4n) is 3.80. The molecule has 0 aromatic heterocycles. The fourth-order valence-corrected chi connectivity index (χ4v) is 3.80. The summed E-state index contributed by atoms with van der Waals surface area (Å²) >= 11 is 0. The highest BCUT2D eigenvalue weighted by molar-refractivity contribution is 5.85. The summed E-state index contributed by atoms with van der Waals surface area (Å²) in [6, 6.07) is -1.15. The number of carbonyl (C=O) groups excluding carboxylic acids is 2. The average molecular weight is 398 g/mol. The van der Waals surface area contributed by atoms with Crippen LogP contribution in [0.4, 0.5) is 0 Å². The Morgan fingerprint density at radius 3 is 2.32 bits per heavy atom. The zero-order valence-electron chi connectivity index (χ0n) is 17.6. The highest BCUT2D eigenvalue weighted by Crippen LogP contribution is 2.20. The van der Waals surface area contributed by atoms with Gasteiger partial charge < -0.3 is 21.1 Å². The number of amides is 2. The Labute approximate surface area is 169 Å². The van der Waals surface area contributed by atoms with Crippen LogP contribution >= 0.6 is 0 Å². The van der Waals surface area contributed by atoms with Crippen molar-refractivity contribution >= 4 is 17.8 Å². The lowest BCUT2D eigenvalue weighted by molar-refractivity contribution is -0.148. The van der Waals surface area contributed by atoms with Gasteiger partial charge in [-0.3, -0.25) is 9.59 Å². The number of likely N-dealkylation sites (tertiary alicyclic amines) is 1. The topological polar surface area (TPSA) is 113 Å². The Hall–Kier alpha value is -1.63. The lowest BCUT2D eigenvalue weighted by Gasteiger charge is -2.25. The molecule has 1 aliphatic heterocycles. The number of nitrogens with two attached hydrogens (primary N) is 1. The molecule has 7 heteroatoms. The van der Waals surface area contributed by atoms with Crippen LogP contribution < -0.4 is 11.1 Å². The molecule has 0 aromatic rings. The summed E-state index contributed by atoms with van der Waals surface area (Å²) in [5.41, 5.74) is 6.06. The molecular weight excluding hydrogens is 358 g/mol. The van der Waals surface area contributed by atoms with E-state index in [0.717, 1.165) is 51.4 Å². The summed E-state index contributed by atoms with van der Waals surface area (Å²) in [6.07, 6.45) is 9.48. The molecule has 0 radical (unpaired) electrons. The van der Waals surface area contributed by atoms with Crippen molar-refractivity contribution in [3.63, 3.8) is 0 Å². The van der Waals surface area contributed by atoms with Gasteiger partial charge in [0.25, 0.3) is 0 Å². The van der Waals surface area contributed by atoms with Gasteiger partial charge in [-0.15, -0.1) is 0 Å². The molecule has 28 heavy (non-hydrogen) atoms. The van der Waals surface area contributed by atoms with Gasteiger partial charge in [0.15, 0.2) is 0 Å². The van der Waals surface area contributed by atoms with Gasteiger partial charge in [-0.2, -0.15) is 0 Å². The van der Waals surface area contributed by atoms with Gasteiger partial charge in [0.2, 0.25) is 11.8 Å². The second-order valence-electron chi connectivity index (χ2n) is 8.01. The van der Waals surface area contributed by atoms with E-state index >= 15 is 0 Å². The molecule has 0 saturated carbocycles. The van der Waals surface area contributed by atoms with Gasteiger partial charge >= 0.3 is 5.97 Å². The molecule has 7 nitrogen and oxygen atoms in total. The summed E-state index contributed by atoms with van der Waals surface area (Å²) in [7, 11) is 0. The van der Waals surface area contributed by atoms with Crippen molar-refractivity contribution in [2.45, 2.75) is 109 Å². The lowest BCUT2D eigenvalue weighted by atomic mass is 10.0. The van der Waals surface area contributed by atoms with E-state index in [-0.39, 0.29) is 36.7 Å². The molecule has 3 atom stereocenters. The molecule has 1 saturated heterocycles. The molecule has 1 aliphatic rings. The zero-order chi connectivity index (χ0) is 20.9. The van der Waals surface area contributed by atoms with Crippen LogP contribution in [0, 0.1) is 0 Å². The molecule has 162 valence electrons. The van der Waals surface area contributed by atoms with Crippen LogP contribution in [0.2, 0.25) is 0 Å². The molecule has 1 fully saturated rings. The monoisotopic (exact) mass is 397 g/mol. The molecular formula is C21H39N3O4. The normalized spacial score (nSPS) is 18.7. The minimum atomic E-state index is -0.949. The van der Waals surface area contributed by atoms with Crippen LogP contribution in [-0.2, 0) is 14.4 Å². The third-order valence-electron chi connectivity index (χ3n) is 5.43. The average Bonchev–Trinajstić information content (AvgIpc) is 3.12. The van der Waals surface area contributed by atoms with Crippen LogP contribution in [0.5, 0.6) is 0 Å². The largest absolute Gasteiger partial charge is 0.480 e. The maximum Gasteiger partial charge on any atom is 0.326 e. The maximum atomic E-state index is 12.7. The number of carboxylic acid groups (broad SMARTS) is 1. The first-order chi connectivity index (χ1) is 13.4. The van der Waals surface area contributed by atoms with Crippen LogP contribution in [-0.4, -0.2) is 52.5 Å². The first-order valence-electron chi connectivity index (χ1n) is 11.0. The molecule has 0 unspecified atom stereocenters. The molecule has 0 aliphatic carbocycles. The summed E-state index contributed by atoms with van der Waals surface area (Å²) in [4.78, 5) is 37.9. The molecule has 4 N–H and O–H groups in total. The van der Waals surface area contributed by atoms with Gasteiger partial charge in [0.05, 0.1) is 0 Å². The fraction of sp³-hybridized carbons (Fsp3) is 0.857. The van der Waals surface area contributed by atoms with Crippen molar-refractivity contribution in [3.8, 4) is 0 Å². The quantitative estimate of drug-likeness (QED) is 0.390. The first-order valence-corrected chi connectivity index (χ1v) is 11.0. The number of unbranched alkanes of at least 4 members (excludes halogenated alkanes) is 4. The van der Waals surface area contributed by atoms with E-state index in [0.29, 0.717) is 19.4 Å². The Balaban J connectivity index is 2.57. The standard InChI is InChI=1S/C21H39N3O4/c1-3-5-7-10-16(22)14-19(25)23-17(11-8-6-4-2)15-20(26)24-13-9-12-18(24)21(27)28/h16-18H,3-15,22H2,1-2H3,(H,23,25)(H,27,28)/t16-,17-,18-/m0/s1. The number of rotatable bonds is 14. The van der Waals surface area contributed by atoms with Crippen molar-refractivity contribution in [1.82, 2.24) is 10.2 Å². The number of hydrogen-bond acceptors (Lipinski definition) is 4. The Morgan fingerprint density at radius 1 is 1.07 bits per heavy atom. The van der Waals surface area contributed by atoms with E-state index in [1.54, 1.807) is 0 Å².